The number of hydrogen-bond donors (Lipinski definition) is 1. The maximum absolute atomic E-state index is 13.6. The fourth-order valence-corrected chi connectivity index (χ4v) is 10.0. The minimum atomic E-state index is -0.325. The van der Waals surface area contributed by atoms with E-state index in [9.17, 15) is 9.90 Å². The Kier molecular flexibility index (Phi) is 4.31. The first-order valence-corrected chi connectivity index (χ1v) is 13.4. The lowest BCUT2D eigenvalue weighted by Gasteiger charge is -2.56. The van der Waals surface area contributed by atoms with Crippen molar-refractivity contribution >= 4 is 16.8 Å². The number of nitrogens with zero attached hydrogens (tertiary/aromatic N) is 3. The van der Waals surface area contributed by atoms with E-state index in [4.69, 9.17) is 0 Å². The van der Waals surface area contributed by atoms with Crippen LogP contribution in [-0.2, 0) is 11.3 Å². The van der Waals surface area contributed by atoms with Gasteiger partial charge in [-0.15, -0.1) is 0 Å². The van der Waals surface area contributed by atoms with Crippen molar-refractivity contribution in [1.29, 1.82) is 0 Å². The first-order chi connectivity index (χ1) is 15.9. The van der Waals surface area contributed by atoms with Crippen molar-refractivity contribution in [3.8, 4) is 0 Å². The minimum absolute atomic E-state index is 0.151. The summed E-state index contributed by atoms with van der Waals surface area (Å²) in [5, 5.41) is 15.6. The number of fused-ring (bicyclic) bond motifs is 8. The predicted molar refractivity (Wildman–Crippen MR) is 126 cm³/mol. The zero-order valence-corrected chi connectivity index (χ0v) is 20.0. The molecule has 0 amide bonds. The van der Waals surface area contributed by atoms with E-state index < -0.39 is 0 Å². The van der Waals surface area contributed by atoms with Crippen LogP contribution in [0, 0.1) is 52.8 Å². The summed E-state index contributed by atoms with van der Waals surface area (Å²) in [6.45, 7) is 5.10. The van der Waals surface area contributed by atoms with Gasteiger partial charge in [0.2, 0.25) is 0 Å². The van der Waals surface area contributed by atoms with Crippen LogP contribution in [-0.4, -0.2) is 31.3 Å². The second kappa shape index (κ2) is 6.90. The highest BCUT2D eigenvalue weighted by Crippen LogP contribution is 2.70. The van der Waals surface area contributed by atoms with E-state index in [1.54, 1.807) is 6.20 Å². The Bertz CT molecular complexity index is 1080. The molecule has 10 atom stereocenters. The average molecular weight is 448 g/mol. The zero-order chi connectivity index (χ0) is 22.5. The molecule has 5 saturated carbocycles. The van der Waals surface area contributed by atoms with Crippen molar-refractivity contribution in [3.63, 3.8) is 0 Å². The van der Waals surface area contributed by atoms with Gasteiger partial charge >= 0.3 is 0 Å². The molecule has 0 aliphatic heterocycles. The molecule has 7 rings (SSSR count). The zero-order valence-electron chi connectivity index (χ0n) is 20.0. The maximum atomic E-state index is 13.6. The topological polar surface area (TPSA) is 68.0 Å². The molecule has 176 valence electrons. The Morgan fingerprint density at radius 1 is 1.06 bits per heavy atom. The lowest BCUT2D eigenvalue weighted by atomic mass is 9.49. The third kappa shape index (κ3) is 2.78. The van der Waals surface area contributed by atoms with E-state index in [1.165, 1.54) is 38.5 Å². The maximum Gasteiger partial charge on any atom is 0.157 e. The van der Waals surface area contributed by atoms with Gasteiger partial charge in [0, 0.05) is 12.1 Å². The smallest absolute Gasteiger partial charge is 0.157 e. The number of ketones is 1. The molecule has 5 fully saturated rings. The number of carbonyl (C=O) groups is 1. The number of rotatable bonds is 3. The summed E-state index contributed by atoms with van der Waals surface area (Å²) in [6.07, 6.45) is 13.3. The van der Waals surface area contributed by atoms with Crippen molar-refractivity contribution in [3.05, 3.63) is 24.5 Å². The van der Waals surface area contributed by atoms with Gasteiger partial charge in [-0.3, -0.25) is 14.5 Å². The first-order valence-electron chi connectivity index (χ1n) is 13.4. The van der Waals surface area contributed by atoms with Gasteiger partial charge in [-0.25, -0.2) is 0 Å². The molecular formula is C28H37N3O2. The van der Waals surface area contributed by atoms with Gasteiger partial charge in [0.15, 0.2) is 5.78 Å². The fraction of sp³-hybridized carbons (Fsp3) is 0.750. The van der Waals surface area contributed by atoms with Crippen LogP contribution in [0.3, 0.4) is 0 Å². The summed E-state index contributed by atoms with van der Waals surface area (Å²) in [5.74, 6) is 5.52. The van der Waals surface area contributed by atoms with Crippen LogP contribution in [0.25, 0.3) is 11.0 Å². The summed E-state index contributed by atoms with van der Waals surface area (Å²) < 4.78 is 1.81. The summed E-state index contributed by atoms with van der Waals surface area (Å²) in [6, 6.07) is 3.86. The number of Topliss-reactive ketones (excluding diaryl/α,β-unsaturated/α-hetero) is 1. The van der Waals surface area contributed by atoms with Gasteiger partial charge in [-0.1, -0.05) is 13.8 Å². The first kappa shape index (κ1) is 20.6. The van der Waals surface area contributed by atoms with Gasteiger partial charge in [0.1, 0.15) is 11.0 Å². The van der Waals surface area contributed by atoms with Crippen molar-refractivity contribution < 1.29 is 9.90 Å². The van der Waals surface area contributed by atoms with E-state index in [0.717, 1.165) is 47.5 Å². The van der Waals surface area contributed by atoms with Crippen molar-refractivity contribution in [2.45, 2.75) is 77.4 Å². The summed E-state index contributed by atoms with van der Waals surface area (Å²) >= 11 is 0. The quantitative estimate of drug-likeness (QED) is 0.728. The molecule has 0 saturated heterocycles. The van der Waals surface area contributed by atoms with Crippen LogP contribution in [0.4, 0.5) is 0 Å². The van der Waals surface area contributed by atoms with Crippen LogP contribution in [0.1, 0.15) is 65.2 Å². The Morgan fingerprint density at radius 2 is 1.85 bits per heavy atom. The van der Waals surface area contributed by atoms with E-state index >= 15 is 0 Å². The van der Waals surface area contributed by atoms with Gasteiger partial charge < -0.3 is 5.11 Å². The molecule has 10 unspecified atom stereocenters. The van der Waals surface area contributed by atoms with Crippen LogP contribution in [0.2, 0.25) is 0 Å². The Labute approximate surface area is 196 Å². The second-order valence-corrected chi connectivity index (χ2v) is 12.6. The van der Waals surface area contributed by atoms with Crippen molar-refractivity contribution in [2.75, 3.05) is 0 Å². The fourth-order valence-electron chi connectivity index (χ4n) is 10.0. The van der Waals surface area contributed by atoms with Crippen molar-refractivity contribution in [2.24, 2.45) is 52.8 Å². The number of pyridine rings is 1. The predicted octanol–water partition coefficient (Wildman–Crippen LogP) is 4.88. The van der Waals surface area contributed by atoms with Gasteiger partial charge in [0.25, 0.3) is 0 Å². The summed E-state index contributed by atoms with van der Waals surface area (Å²) in [5.41, 5.74) is 1.55. The van der Waals surface area contributed by atoms with E-state index in [0.29, 0.717) is 30.1 Å². The van der Waals surface area contributed by atoms with E-state index in [1.807, 2.05) is 23.0 Å². The largest absolute Gasteiger partial charge is 0.389 e. The molecule has 5 aliphatic carbocycles. The van der Waals surface area contributed by atoms with Crippen LogP contribution >= 0.6 is 0 Å². The highest BCUT2D eigenvalue weighted by atomic mass is 16.3. The lowest BCUT2D eigenvalue weighted by Crippen LogP contribution is -2.50. The lowest BCUT2D eigenvalue weighted by molar-refractivity contribution is -0.131. The number of aliphatic hydroxyl groups is 1. The highest BCUT2D eigenvalue weighted by Gasteiger charge is 2.69. The molecular weight excluding hydrogens is 410 g/mol. The Balaban J connectivity index is 1.09. The summed E-state index contributed by atoms with van der Waals surface area (Å²) in [4.78, 5) is 17.9. The standard InChI is InChI=1S/C28H37N3O2/c1-16-26-20-6-5-19-17(18(20)10-12-28(16,26)33)9-11-27(2)21(19)7-8-22(27)25(32)15-31-14-24-23(30-31)4-3-13-29-24/h3-4,13-14,16-22,26,33H,5-12,15H2,1-2H3. The highest BCUT2D eigenvalue weighted by molar-refractivity contribution is 5.82. The molecule has 0 aromatic carbocycles. The third-order valence-electron chi connectivity index (χ3n) is 11.6. The minimum Gasteiger partial charge on any atom is -0.389 e. The number of aromatic nitrogens is 3. The molecule has 5 nitrogen and oxygen atoms in total. The normalized spacial score (nSPS) is 48.0. The van der Waals surface area contributed by atoms with Gasteiger partial charge in [-0.05, 0) is 110 Å². The third-order valence-corrected chi connectivity index (χ3v) is 11.6. The molecule has 33 heavy (non-hydrogen) atoms. The van der Waals surface area contributed by atoms with E-state index in [-0.39, 0.29) is 16.9 Å². The molecule has 2 aromatic heterocycles. The molecule has 5 aliphatic rings. The molecule has 2 heterocycles. The Morgan fingerprint density at radius 3 is 2.70 bits per heavy atom. The van der Waals surface area contributed by atoms with Crippen LogP contribution < -0.4 is 0 Å². The van der Waals surface area contributed by atoms with Crippen LogP contribution in [0.5, 0.6) is 0 Å². The second-order valence-electron chi connectivity index (χ2n) is 12.6. The van der Waals surface area contributed by atoms with Gasteiger partial charge in [0.05, 0.1) is 18.3 Å². The molecule has 0 bridgehead atoms. The SMILES string of the molecule is CC1C2C3CCC4C(CCC5(C)C(C(=O)Cn6cc7ncccc7n6)CCC45)C3CCC12O. The average Bonchev–Trinajstić information content (AvgIpc) is 3.10. The molecule has 0 spiro atoms. The molecule has 5 heteroatoms. The van der Waals surface area contributed by atoms with E-state index in [2.05, 4.69) is 23.9 Å². The Hall–Kier alpha value is -1.75. The molecule has 0 radical (unpaired) electrons. The summed E-state index contributed by atoms with van der Waals surface area (Å²) in [7, 11) is 0. The van der Waals surface area contributed by atoms with Crippen LogP contribution in [0.15, 0.2) is 24.5 Å². The van der Waals surface area contributed by atoms with Crippen molar-refractivity contribution in [1.82, 2.24) is 14.8 Å². The van der Waals surface area contributed by atoms with Gasteiger partial charge in [-0.2, -0.15) is 5.10 Å². The number of carbonyl (C=O) groups excluding carboxylic acids is 1. The molecule has 1 N–H and O–H groups in total. The molecule has 2 aromatic rings. The number of hydrogen-bond acceptors (Lipinski definition) is 4. The monoisotopic (exact) mass is 447 g/mol.